The lowest BCUT2D eigenvalue weighted by Gasteiger charge is -2.20. The predicted octanol–water partition coefficient (Wildman–Crippen LogP) is 2.88. The molecule has 0 spiro atoms. The molecule has 4 nitrogen and oxygen atoms in total. The summed E-state index contributed by atoms with van der Waals surface area (Å²) in [6.07, 6.45) is 3.10. The van der Waals surface area contributed by atoms with Crippen LogP contribution in [0.25, 0.3) is 0 Å². The molecular weight excluding hydrogens is 298 g/mol. The summed E-state index contributed by atoms with van der Waals surface area (Å²) >= 11 is 0. The number of carbonyl (C=O) groups excluding carboxylic acids is 1. The van der Waals surface area contributed by atoms with Crippen molar-refractivity contribution in [2.75, 3.05) is 13.1 Å². The van der Waals surface area contributed by atoms with Gasteiger partial charge < -0.3 is 4.90 Å². The van der Waals surface area contributed by atoms with Crippen LogP contribution in [0.4, 0.5) is 0 Å². The zero-order valence-corrected chi connectivity index (χ0v) is 13.0. The summed E-state index contributed by atoms with van der Waals surface area (Å²) < 4.78 is 22.6. The van der Waals surface area contributed by atoms with E-state index in [0.29, 0.717) is 11.5 Å². The monoisotopic (exact) mass is 315 g/mol. The van der Waals surface area contributed by atoms with Gasteiger partial charge in [0.2, 0.25) is 0 Å². The molecule has 1 fully saturated rings. The first-order valence-corrected chi connectivity index (χ1v) is 9.03. The van der Waals surface area contributed by atoms with Crippen LogP contribution in [-0.2, 0) is 9.05 Å². The van der Waals surface area contributed by atoms with Crippen LogP contribution in [0.1, 0.15) is 36.5 Å². The third-order valence-corrected chi connectivity index (χ3v) is 5.02. The first-order chi connectivity index (χ1) is 9.38. The summed E-state index contributed by atoms with van der Waals surface area (Å²) in [5.74, 6) is 0.503. The van der Waals surface area contributed by atoms with Gasteiger partial charge in [0, 0.05) is 29.3 Å². The van der Waals surface area contributed by atoms with Crippen molar-refractivity contribution < 1.29 is 13.2 Å². The summed E-state index contributed by atoms with van der Waals surface area (Å²) in [5, 5.41) is 0. The maximum atomic E-state index is 12.4. The van der Waals surface area contributed by atoms with Gasteiger partial charge in [-0.25, -0.2) is 8.42 Å². The Morgan fingerprint density at radius 3 is 2.75 bits per heavy atom. The minimum absolute atomic E-state index is 0.0341. The van der Waals surface area contributed by atoms with Gasteiger partial charge in [-0.15, -0.1) is 0 Å². The van der Waals surface area contributed by atoms with Gasteiger partial charge in [0.15, 0.2) is 0 Å². The van der Waals surface area contributed by atoms with Crippen molar-refractivity contribution in [3.8, 4) is 0 Å². The van der Waals surface area contributed by atoms with Crippen LogP contribution >= 0.6 is 10.7 Å². The molecule has 2 rings (SSSR count). The zero-order chi connectivity index (χ0) is 14.8. The van der Waals surface area contributed by atoms with Gasteiger partial charge in [-0.05, 0) is 43.4 Å². The molecule has 1 unspecified atom stereocenters. The number of likely N-dealkylation sites (tertiary alicyclic amines) is 1. The number of rotatable bonds is 2. The topological polar surface area (TPSA) is 54.5 Å². The SMILES string of the molecule is CC1CCCN(C(=O)c2cccc(S(=O)(=O)Cl)c2)CC1. The van der Waals surface area contributed by atoms with E-state index in [0.717, 1.165) is 32.4 Å². The molecule has 0 bridgehead atoms. The van der Waals surface area contributed by atoms with Gasteiger partial charge in [-0.3, -0.25) is 4.79 Å². The molecule has 1 amide bonds. The second-order valence-corrected chi connectivity index (χ2v) is 7.86. The molecule has 0 N–H and O–H groups in total. The summed E-state index contributed by atoms with van der Waals surface area (Å²) in [7, 11) is 1.51. The van der Waals surface area contributed by atoms with Crippen LogP contribution in [0.5, 0.6) is 0 Å². The van der Waals surface area contributed by atoms with E-state index in [4.69, 9.17) is 10.7 Å². The molecule has 1 aromatic carbocycles. The molecule has 0 aliphatic carbocycles. The number of hydrogen-bond acceptors (Lipinski definition) is 3. The van der Waals surface area contributed by atoms with Crippen LogP contribution < -0.4 is 0 Å². The number of carbonyl (C=O) groups is 1. The quantitative estimate of drug-likeness (QED) is 0.789. The predicted molar refractivity (Wildman–Crippen MR) is 78.4 cm³/mol. The Bertz CT molecular complexity index is 600. The van der Waals surface area contributed by atoms with E-state index in [-0.39, 0.29) is 10.8 Å². The molecular formula is C14H18ClNO3S. The van der Waals surface area contributed by atoms with Gasteiger partial charge in [0.1, 0.15) is 0 Å². The molecule has 0 saturated carbocycles. The lowest BCUT2D eigenvalue weighted by atomic mass is 10.0. The van der Waals surface area contributed by atoms with E-state index in [2.05, 4.69) is 6.92 Å². The number of nitrogens with zero attached hydrogens (tertiary/aromatic N) is 1. The molecule has 0 aromatic heterocycles. The highest BCUT2D eigenvalue weighted by Gasteiger charge is 2.21. The second-order valence-electron chi connectivity index (χ2n) is 5.29. The van der Waals surface area contributed by atoms with Crippen LogP contribution in [0, 0.1) is 5.92 Å². The minimum Gasteiger partial charge on any atom is -0.339 e. The number of amides is 1. The summed E-state index contributed by atoms with van der Waals surface area (Å²) in [5.41, 5.74) is 0.376. The summed E-state index contributed by atoms with van der Waals surface area (Å²) in [6.45, 7) is 3.63. The summed E-state index contributed by atoms with van der Waals surface area (Å²) in [4.78, 5) is 14.2. The van der Waals surface area contributed by atoms with Crippen molar-refractivity contribution in [2.24, 2.45) is 5.92 Å². The standard InChI is InChI=1S/C14H18ClNO3S/c1-11-4-3-8-16(9-7-11)14(17)12-5-2-6-13(10-12)20(15,18)19/h2,5-6,10-11H,3-4,7-9H2,1H3. The van der Waals surface area contributed by atoms with Crippen molar-refractivity contribution in [1.82, 2.24) is 4.90 Å². The van der Waals surface area contributed by atoms with Crippen molar-refractivity contribution in [1.29, 1.82) is 0 Å². The molecule has 1 aliphatic rings. The minimum atomic E-state index is -3.80. The fourth-order valence-electron chi connectivity index (χ4n) is 2.43. The van der Waals surface area contributed by atoms with Crippen molar-refractivity contribution >= 4 is 25.6 Å². The van der Waals surface area contributed by atoms with Crippen LogP contribution in [0.3, 0.4) is 0 Å². The second kappa shape index (κ2) is 6.14. The molecule has 20 heavy (non-hydrogen) atoms. The average molecular weight is 316 g/mol. The van der Waals surface area contributed by atoms with Crippen molar-refractivity contribution in [2.45, 2.75) is 31.1 Å². The van der Waals surface area contributed by atoms with E-state index < -0.39 is 9.05 Å². The van der Waals surface area contributed by atoms with Crippen LogP contribution in [0.2, 0.25) is 0 Å². The zero-order valence-electron chi connectivity index (χ0n) is 11.4. The van der Waals surface area contributed by atoms with E-state index in [9.17, 15) is 13.2 Å². The highest BCUT2D eigenvalue weighted by Crippen LogP contribution is 2.20. The fourth-order valence-corrected chi connectivity index (χ4v) is 3.23. The molecule has 110 valence electrons. The largest absolute Gasteiger partial charge is 0.339 e. The maximum absolute atomic E-state index is 12.4. The number of benzene rings is 1. The molecule has 1 atom stereocenters. The molecule has 1 aromatic rings. The maximum Gasteiger partial charge on any atom is 0.261 e. The number of halogens is 1. The molecule has 6 heteroatoms. The van der Waals surface area contributed by atoms with Crippen molar-refractivity contribution in [3.05, 3.63) is 29.8 Å². The van der Waals surface area contributed by atoms with Gasteiger partial charge in [-0.1, -0.05) is 13.0 Å². The van der Waals surface area contributed by atoms with Gasteiger partial charge in [0.25, 0.3) is 15.0 Å². The number of hydrogen-bond donors (Lipinski definition) is 0. The summed E-state index contributed by atoms with van der Waals surface area (Å²) in [6, 6.07) is 5.91. The molecule has 1 saturated heterocycles. The third-order valence-electron chi connectivity index (χ3n) is 3.67. The Kier molecular flexibility index (Phi) is 4.70. The van der Waals surface area contributed by atoms with Gasteiger partial charge in [0.05, 0.1) is 4.90 Å². The Labute approximate surface area is 124 Å². The fraction of sp³-hybridized carbons (Fsp3) is 0.500. The first kappa shape index (κ1) is 15.3. The Hall–Kier alpha value is -1.07. The molecule has 1 heterocycles. The first-order valence-electron chi connectivity index (χ1n) is 6.72. The lowest BCUT2D eigenvalue weighted by molar-refractivity contribution is 0.0760. The molecule has 1 aliphatic heterocycles. The van der Waals surface area contributed by atoms with Gasteiger partial charge in [-0.2, -0.15) is 0 Å². The highest BCUT2D eigenvalue weighted by atomic mass is 35.7. The van der Waals surface area contributed by atoms with E-state index in [1.807, 2.05) is 0 Å². The Morgan fingerprint density at radius 2 is 2.05 bits per heavy atom. The lowest BCUT2D eigenvalue weighted by Crippen LogP contribution is -2.32. The normalized spacial score (nSPS) is 20.5. The van der Waals surface area contributed by atoms with E-state index in [1.165, 1.54) is 12.1 Å². The highest BCUT2D eigenvalue weighted by molar-refractivity contribution is 8.13. The van der Waals surface area contributed by atoms with E-state index in [1.54, 1.807) is 17.0 Å². The smallest absolute Gasteiger partial charge is 0.261 e. The van der Waals surface area contributed by atoms with Crippen LogP contribution in [-0.4, -0.2) is 32.3 Å². The molecule has 0 radical (unpaired) electrons. The third kappa shape index (κ3) is 3.73. The van der Waals surface area contributed by atoms with Gasteiger partial charge >= 0.3 is 0 Å². The Balaban J connectivity index is 2.21. The van der Waals surface area contributed by atoms with Crippen LogP contribution in [0.15, 0.2) is 29.2 Å². The van der Waals surface area contributed by atoms with Crippen molar-refractivity contribution in [3.63, 3.8) is 0 Å². The average Bonchev–Trinajstić information content (AvgIpc) is 2.62. The van der Waals surface area contributed by atoms with E-state index >= 15 is 0 Å². The Morgan fingerprint density at radius 1 is 1.30 bits per heavy atom.